The van der Waals surface area contributed by atoms with Crippen molar-refractivity contribution in [2.45, 2.75) is 5.82 Å². The Balaban J connectivity index is 0.000000541. The Bertz CT molecular complexity index is 598. The van der Waals surface area contributed by atoms with Gasteiger partial charge in [-0.15, -0.1) is 0 Å². The van der Waals surface area contributed by atoms with E-state index in [1.54, 1.807) is 24.3 Å². The highest BCUT2D eigenvalue weighted by atomic mass is 19.1. The largest absolute Gasteiger partial charge is 0.312 e. The van der Waals surface area contributed by atoms with Gasteiger partial charge in [-0.1, -0.05) is 24.3 Å². The fourth-order valence-corrected chi connectivity index (χ4v) is 1.67. The van der Waals surface area contributed by atoms with E-state index in [1.807, 2.05) is 26.0 Å². The monoisotopic (exact) mass is 300 g/mol. The second kappa shape index (κ2) is 8.29. The summed E-state index contributed by atoms with van der Waals surface area (Å²) >= 11 is 0. The quantitative estimate of drug-likeness (QED) is 0.497. The third-order valence-electron chi connectivity index (χ3n) is 2.69. The van der Waals surface area contributed by atoms with Crippen molar-refractivity contribution in [1.82, 2.24) is 4.90 Å². The Morgan fingerprint density at radius 2 is 1.36 bits per heavy atom. The first kappa shape index (κ1) is 17.8. The van der Waals surface area contributed by atoms with Crippen LogP contribution in [0.1, 0.15) is 16.9 Å². The van der Waals surface area contributed by atoms with Crippen molar-refractivity contribution in [1.29, 1.82) is 0 Å². The molecule has 22 heavy (non-hydrogen) atoms. The Kier molecular flexibility index (Phi) is 6.72. The first-order chi connectivity index (χ1) is 10.3. The maximum absolute atomic E-state index is 12.8. The van der Waals surface area contributed by atoms with E-state index in [4.69, 9.17) is 7.85 Å². The highest BCUT2D eigenvalue weighted by Crippen LogP contribution is 2.23. The number of nitro groups is 1. The number of hydrogen-bond donors (Lipinski definition) is 0. The lowest BCUT2D eigenvalue weighted by Crippen LogP contribution is -2.00. The van der Waals surface area contributed by atoms with Crippen LogP contribution in [0.15, 0.2) is 48.5 Å². The molecule has 0 saturated carbocycles. The zero-order valence-electron chi connectivity index (χ0n) is 12.9. The number of halogens is 1. The van der Waals surface area contributed by atoms with E-state index >= 15 is 0 Å². The highest BCUT2D eigenvalue weighted by molar-refractivity contribution is 6.14. The minimum atomic E-state index is -0.465. The Hall–Kier alpha value is -2.21. The van der Waals surface area contributed by atoms with Crippen LogP contribution in [0.4, 0.5) is 10.1 Å². The maximum atomic E-state index is 12.8. The molecule has 0 aromatic heterocycles. The smallest absolute Gasteiger partial charge is 0.269 e. The van der Waals surface area contributed by atoms with Gasteiger partial charge in [0.1, 0.15) is 5.82 Å². The van der Waals surface area contributed by atoms with Crippen LogP contribution in [0.5, 0.6) is 0 Å². The number of non-ortho nitro benzene ring substituents is 1. The van der Waals surface area contributed by atoms with E-state index in [0.717, 1.165) is 11.1 Å². The van der Waals surface area contributed by atoms with E-state index in [9.17, 15) is 14.5 Å². The second-order valence-corrected chi connectivity index (χ2v) is 5.22. The van der Waals surface area contributed by atoms with Gasteiger partial charge in [0.05, 0.1) is 12.8 Å². The summed E-state index contributed by atoms with van der Waals surface area (Å²) in [6.45, 7) is 0. The van der Waals surface area contributed by atoms with Crippen molar-refractivity contribution in [2.75, 3.05) is 21.1 Å². The zero-order chi connectivity index (χ0) is 16.7. The zero-order valence-corrected chi connectivity index (χ0v) is 12.9. The molecule has 0 aliphatic carbocycles. The standard InChI is InChI=1S/C13H9BFNO2.C3H9N/c14-13(9-1-5-11(15)6-2-9)10-3-7-12(8-4-10)16(17)18;1-4(2)3/h1-8,13H;1-3H3. The molecule has 0 aliphatic heterocycles. The summed E-state index contributed by atoms with van der Waals surface area (Å²) in [6, 6.07) is 11.9. The number of rotatable bonds is 3. The highest BCUT2D eigenvalue weighted by Gasteiger charge is 2.10. The normalized spacial score (nSPS) is 11.5. The maximum Gasteiger partial charge on any atom is 0.269 e. The molecule has 1 atom stereocenters. The molecule has 0 amide bonds. The molecule has 4 nitrogen and oxygen atoms in total. The van der Waals surface area contributed by atoms with Gasteiger partial charge in [-0.3, -0.25) is 10.1 Å². The van der Waals surface area contributed by atoms with Gasteiger partial charge in [-0.2, -0.15) is 0 Å². The second-order valence-electron chi connectivity index (χ2n) is 5.22. The molecular weight excluding hydrogens is 282 g/mol. The van der Waals surface area contributed by atoms with Crippen LogP contribution in [0.2, 0.25) is 0 Å². The fourth-order valence-electron chi connectivity index (χ4n) is 1.67. The summed E-state index contributed by atoms with van der Waals surface area (Å²) < 4.78 is 12.8. The molecule has 114 valence electrons. The van der Waals surface area contributed by atoms with Crippen LogP contribution in [0.25, 0.3) is 0 Å². The molecule has 0 N–H and O–H groups in total. The lowest BCUT2D eigenvalue weighted by atomic mass is 9.76. The summed E-state index contributed by atoms with van der Waals surface area (Å²) in [5.41, 5.74) is 1.52. The molecule has 0 saturated heterocycles. The molecule has 2 aromatic rings. The van der Waals surface area contributed by atoms with Gasteiger partial charge in [0.15, 0.2) is 0 Å². The fraction of sp³-hybridized carbons (Fsp3) is 0.250. The summed E-state index contributed by atoms with van der Waals surface area (Å²) in [6.07, 6.45) is 0. The predicted molar refractivity (Wildman–Crippen MR) is 86.7 cm³/mol. The van der Waals surface area contributed by atoms with Crippen molar-refractivity contribution in [3.05, 3.63) is 75.6 Å². The number of benzene rings is 2. The molecule has 2 rings (SSSR count). The minimum absolute atomic E-state index is 0.0186. The third kappa shape index (κ3) is 5.65. The first-order valence-electron chi connectivity index (χ1n) is 6.67. The van der Waals surface area contributed by atoms with Crippen molar-refractivity contribution < 1.29 is 9.31 Å². The van der Waals surface area contributed by atoms with E-state index in [0.29, 0.717) is 0 Å². The topological polar surface area (TPSA) is 46.4 Å². The molecule has 0 bridgehead atoms. The number of nitro benzene ring substituents is 1. The molecule has 1 unspecified atom stereocenters. The van der Waals surface area contributed by atoms with Crippen molar-refractivity contribution in [3.63, 3.8) is 0 Å². The summed E-state index contributed by atoms with van der Waals surface area (Å²) in [5.74, 6) is -0.749. The van der Waals surface area contributed by atoms with Crippen molar-refractivity contribution in [2.24, 2.45) is 0 Å². The van der Waals surface area contributed by atoms with Crippen LogP contribution in [0.3, 0.4) is 0 Å². The summed E-state index contributed by atoms with van der Waals surface area (Å²) in [7, 11) is 12.0. The minimum Gasteiger partial charge on any atom is -0.312 e. The molecule has 0 aliphatic rings. The van der Waals surface area contributed by atoms with Crippen LogP contribution < -0.4 is 0 Å². The Labute approximate surface area is 131 Å². The van der Waals surface area contributed by atoms with Gasteiger partial charge in [-0.05, 0) is 50.2 Å². The molecule has 0 heterocycles. The van der Waals surface area contributed by atoms with Crippen LogP contribution in [-0.4, -0.2) is 38.8 Å². The molecule has 6 heteroatoms. The van der Waals surface area contributed by atoms with Gasteiger partial charge >= 0.3 is 0 Å². The van der Waals surface area contributed by atoms with Crippen LogP contribution in [-0.2, 0) is 0 Å². The predicted octanol–water partition coefficient (Wildman–Crippen LogP) is 3.17. The lowest BCUT2D eigenvalue weighted by Gasteiger charge is -2.12. The van der Waals surface area contributed by atoms with Gasteiger partial charge in [0.25, 0.3) is 5.69 Å². The van der Waals surface area contributed by atoms with Crippen molar-refractivity contribution >= 4 is 13.5 Å². The first-order valence-corrected chi connectivity index (χ1v) is 6.67. The molecule has 2 aromatic carbocycles. The number of nitrogens with zero attached hydrogens (tertiary/aromatic N) is 2. The molecule has 0 spiro atoms. The van der Waals surface area contributed by atoms with E-state index < -0.39 is 10.7 Å². The molecule has 2 radical (unpaired) electrons. The summed E-state index contributed by atoms with van der Waals surface area (Å²) in [5, 5.41) is 10.5. The van der Waals surface area contributed by atoms with Gasteiger partial charge in [0.2, 0.25) is 0 Å². The third-order valence-corrected chi connectivity index (χ3v) is 2.69. The Morgan fingerprint density at radius 1 is 1.00 bits per heavy atom. The molecular formula is C16H18BFN2O2. The van der Waals surface area contributed by atoms with E-state index in [2.05, 4.69) is 0 Å². The van der Waals surface area contributed by atoms with Crippen LogP contribution in [0, 0.1) is 15.9 Å². The molecule has 0 fully saturated rings. The van der Waals surface area contributed by atoms with E-state index in [1.165, 1.54) is 24.3 Å². The number of hydrogen-bond acceptors (Lipinski definition) is 3. The van der Waals surface area contributed by atoms with Gasteiger partial charge in [0, 0.05) is 12.1 Å². The van der Waals surface area contributed by atoms with Gasteiger partial charge < -0.3 is 4.90 Å². The van der Waals surface area contributed by atoms with Crippen molar-refractivity contribution in [3.8, 4) is 0 Å². The summed E-state index contributed by atoms with van der Waals surface area (Å²) in [4.78, 5) is 12.1. The average Bonchev–Trinajstić information content (AvgIpc) is 2.47. The SMILES string of the molecule is CN(C)C.[B]C(c1ccc(F)cc1)c1ccc([N+](=O)[O-])cc1. The average molecular weight is 300 g/mol. The lowest BCUT2D eigenvalue weighted by molar-refractivity contribution is -0.384. The van der Waals surface area contributed by atoms with Gasteiger partial charge in [-0.25, -0.2) is 4.39 Å². The van der Waals surface area contributed by atoms with E-state index in [-0.39, 0.29) is 11.5 Å². The van der Waals surface area contributed by atoms with Crippen LogP contribution >= 0.6 is 0 Å². The Morgan fingerprint density at radius 3 is 1.73 bits per heavy atom.